The van der Waals surface area contributed by atoms with Gasteiger partial charge < -0.3 is 24.3 Å². The summed E-state index contributed by atoms with van der Waals surface area (Å²) in [6, 6.07) is 5.65. The molecule has 30 heavy (non-hydrogen) atoms. The molecule has 1 aromatic heterocycles. The molecule has 3 aliphatic rings. The van der Waals surface area contributed by atoms with Crippen molar-refractivity contribution < 1.29 is 14.3 Å². The van der Waals surface area contributed by atoms with E-state index in [1.165, 1.54) is 0 Å². The number of benzene rings is 1. The van der Waals surface area contributed by atoms with Crippen molar-refractivity contribution in [3.05, 3.63) is 41.0 Å². The third-order valence-electron chi connectivity index (χ3n) is 6.00. The van der Waals surface area contributed by atoms with E-state index in [0.29, 0.717) is 18.1 Å². The second kappa shape index (κ2) is 8.65. The van der Waals surface area contributed by atoms with Gasteiger partial charge >= 0.3 is 0 Å². The van der Waals surface area contributed by atoms with E-state index in [0.717, 1.165) is 74.3 Å². The van der Waals surface area contributed by atoms with E-state index < -0.39 is 0 Å². The molecule has 1 amide bonds. The van der Waals surface area contributed by atoms with Gasteiger partial charge in [-0.2, -0.15) is 0 Å². The molecule has 9 heteroatoms. The van der Waals surface area contributed by atoms with Gasteiger partial charge in [0.1, 0.15) is 29.8 Å². The van der Waals surface area contributed by atoms with Crippen LogP contribution in [0.5, 0.6) is 11.5 Å². The third kappa shape index (κ3) is 3.77. The molecule has 3 aliphatic heterocycles. The first-order chi connectivity index (χ1) is 14.2. The number of halogens is 1. The molecule has 0 aliphatic carbocycles. The molecule has 1 N–H and O–H groups in total. The number of carbonyl (C=O) groups is 1. The molecule has 0 saturated carbocycles. The molecular formula is C21H26ClN5O3. The number of hydrogen-bond acceptors (Lipinski definition) is 6. The van der Waals surface area contributed by atoms with Crippen LogP contribution in [0.1, 0.15) is 36.0 Å². The van der Waals surface area contributed by atoms with Crippen LogP contribution in [0.4, 0.5) is 0 Å². The normalized spacial score (nSPS) is 18.4. The van der Waals surface area contributed by atoms with Gasteiger partial charge in [-0.1, -0.05) is 0 Å². The van der Waals surface area contributed by atoms with Crippen LogP contribution in [0.25, 0.3) is 6.08 Å². The van der Waals surface area contributed by atoms with Crippen molar-refractivity contribution in [1.82, 2.24) is 25.0 Å². The Morgan fingerprint density at radius 3 is 2.87 bits per heavy atom. The molecule has 1 aromatic carbocycles. The largest absolute Gasteiger partial charge is 0.497 e. The van der Waals surface area contributed by atoms with Gasteiger partial charge in [-0.25, -0.2) is 0 Å². The highest BCUT2D eigenvalue weighted by Crippen LogP contribution is 2.32. The van der Waals surface area contributed by atoms with Crippen LogP contribution < -0.4 is 14.8 Å². The number of rotatable bonds is 3. The molecule has 2 aromatic rings. The molecule has 0 atom stereocenters. The molecule has 1 fully saturated rings. The van der Waals surface area contributed by atoms with Crippen molar-refractivity contribution in [3.8, 4) is 11.5 Å². The van der Waals surface area contributed by atoms with Crippen molar-refractivity contribution in [2.24, 2.45) is 0 Å². The van der Waals surface area contributed by atoms with E-state index in [1.807, 2.05) is 29.2 Å². The number of methoxy groups -OCH3 is 1. The predicted octanol–water partition coefficient (Wildman–Crippen LogP) is 1.99. The molecule has 160 valence electrons. The summed E-state index contributed by atoms with van der Waals surface area (Å²) in [5.74, 6) is 4.06. The Bertz CT molecular complexity index is 966. The number of ether oxygens (including phenoxy) is 2. The molecule has 8 nitrogen and oxygen atoms in total. The molecule has 5 rings (SSSR count). The minimum absolute atomic E-state index is 0. The number of nitrogens with one attached hydrogen (secondary N) is 1. The number of fused-ring (bicyclic) bond motifs is 2. The maximum atomic E-state index is 13.0. The van der Waals surface area contributed by atoms with E-state index in [9.17, 15) is 4.79 Å². The Morgan fingerprint density at radius 2 is 2.07 bits per heavy atom. The van der Waals surface area contributed by atoms with Crippen LogP contribution in [0, 0.1) is 0 Å². The fourth-order valence-electron chi connectivity index (χ4n) is 4.37. The molecule has 0 unspecified atom stereocenters. The van der Waals surface area contributed by atoms with E-state index in [4.69, 9.17) is 9.47 Å². The minimum Gasteiger partial charge on any atom is -0.497 e. The van der Waals surface area contributed by atoms with Crippen LogP contribution in [0.15, 0.2) is 23.8 Å². The lowest BCUT2D eigenvalue weighted by molar-refractivity contribution is -0.128. The summed E-state index contributed by atoms with van der Waals surface area (Å²) in [5.41, 5.74) is 1.58. The molecule has 0 radical (unpaired) electrons. The van der Waals surface area contributed by atoms with Gasteiger partial charge in [-0.05, 0) is 37.1 Å². The SMILES string of the molecule is COc1ccc2c(c1)C=C(C(=O)N1CCC(c3nnc4n3CCNC4)CC1)CO2.Cl. The fourth-order valence-corrected chi connectivity index (χ4v) is 4.37. The zero-order valence-electron chi connectivity index (χ0n) is 17.0. The molecule has 0 spiro atoms. The first-order valence-corrected chi connectivity index (χ1v) is 10.2. The predicted molar refractivity (Wildman–Crippen MR) is 114 cm³/mol. The summed E-state index contributed by atoms with van der Waals surface area (Å²) in [6.07, 6.45) is 3.75. The van der Waals surface area contributed by atoms with E-state index in [1.54, 1.807) is 7.11 Å². The van der Waals surface area contributed by atoms with Crippen molar-refractivity contribution in [3.63, 3.8) is 0 Å². The monoisotopic (exact) mass is 431 g/mol. The van der Waals surface area contributed by atoms with Crippen LogP contribution in [0.2, 0.25) is 0 Å². The summed E-state index contributed by atoms with van der Waals surface area (Å²) in [7, 11) is 1.63. The van der Waals surface area contributed by atoms with Crippen LogP contribution >= 0.6 is 12.4 Å². The smallest absolute Gasteiger partial charge is 0.253 e. The first-order valence-electron chi connectivity index (χ1n) is 10.2. The number of hydrogen-bond donors (Lipinski definition) is 1. The van der Waals surface area contributed by atoms with E-state index in [2.05, 4.69) is 20.1 Å². The number of carbonyl (C=O) groups excluding carboxylic acids is 1. The molecule has 1 saturated heterocycles. The maximum absolute atomic E-state index is 13.0. The zero-order chi connectivity index (χ0) is 19.8. The maximum Gasteiger partial charge on any atom is 0.253 e. The van der Waals surface area contributed by atoms with Gasteiger partial charge in [0.15, 0.2) is 0 Å². The van der Waals surface area contributed by atoms with Gasteiger partial charge in [-0.15, -0.1) is 22.6 Å². The highest BCUT2D eigenvalue weighted by molar-refractivity contribution is 5.99. The lowest BCUT2D eigenvalue weighted by Crippen LogP contribution is -2.40. The van der Waals surface area contributed by atoms with Crippen molar-refractivity contribution in [1.29, 1.82) is 0 Å². The zero-order valence-corrected chi connectivity index (χ0v) is 17.8. The fraction of sp³-hybridized carbons (Fsp3) is 0.476. The summed E-state index contributed by atoms with van der Waals surface area (Å²) >= 11 is 0. The second-order valence-corrected chi connectivity index (χ2v) is 7.73. The Labute approximate surface area is 181 Å². The standard InChI is InChI=1S/C21H25N5O3.ClH/c1-28-17-2-3-18-15(11-17)10-16(13-29-18)21(27)25-7-4-14(5-8-25)20-24-23-19-12-22-6-9-26(19)20;/h2-3,10-11,14,22H,4-9,12-13H2,1H3;1H. The van der Waals surface area contributed by atoms with Gasteiger partial charge in [0.2, 0.25) is 0 Å². The summed E-state index contributed by atoms with van der Waals surface area (Å²) in [5, 5.41) is 12.1. The Balaban J connectivity index is 0.00000218. The third-order valence-corrected chi connectivity index (χ3v) is 6.00. The Hall–Kier alpha value is -2.58. The Kier molecular flexibility index (Phi) is 5.97. The van der Waals surface area contributed by atoms with Gasteiger partial charge in [0, 0.05) is 37.7 Å². The Morgan fingerprint density at radius 1 is 1.23 bits per heavy atom. The van der Waals surface area contributed by atoms with Gasteiger partial charge in [-0.3, -0.25) is 4.79 Å². The topological polar surface area (TPSA) is 81.5 Å². The van der Waals surface area contributed by atoms with Crippen LogP contribution in [-0.2, 0) is 17.9 Å². The van der Waals surface area contributed by atoms with Crippen LogP contribution in [0.3, 0.4) is 0 Å². The number of piperidine rings is 1. The average molecular weight is 432 g/mol. The van der Waals surface area contributed by atoms with Crippen molar-refractivity contribution in [2.45, 2.75) is 31.8 Å². The lowest BCUT2D eigenvalue weighted by Gasteiger charge is -2.33. The van der Waals surface area contributed by atoms with Gasteiger partial charge in [0.05, 0.1) is 19.2 Å². The lowest BCUT2D eigenvalue weighted by atomic mass is 9.95. The highest BCUT2D eigenvalue weighted by Gasteiger charge is 2.30. The summed E-state index contributed by atoms with van der Waals surface area (Å²) in [6.45, 7) is 4.42. The molecule has 0 bridgehead atoms. The van der Waals surface area contributed by atoms with Crippen molar-refractivity contribution >= 4 is 24.4 Å². The molecular weight excluding hydrogens is 406 g/mol. The number of likely N-dealkylation sites (tertiary alicyclic amines) is 1. The molecule has 4 heterocycles. The second-order valence-electron chi connectivity index (χ2n) is 7.73. The first kappa shape index (κ1) is 20.7. The minimum atomic E-state index is 0. The quantitative estimate of drug-likeness (QED) is 0.800. The van der Waals surface area contributed by atoms with E-state index in [-0.39, 0.29) is 18.3 Å². The van der Waals surface area contributed by atoms with Crippen LogP contribution in [-0.4, -0.2) is 58.9 Å². The summed E-state index contributed by atoms with van der Waals surface area (Å²) < 4.78 is 13.3. The summed E-state index contributed by atoms with van der Waals surface area (Å²) in [4.78, 5) is 15.0. The number of amides is 1. The number of nitrogens with zero attached hydrogens (tertiary/aromatic N) is 4. The number of aromatic nitrogens is 3. The van der Waals surface area contributed by atoms with Crippen molar-refractivity contribution in [2.75, 3.05) is 33.4 Å². The average Bonchev–Trinajstić information content (AvgIpc) is 3.22. The highest BCUT2D eigenvalue weighted by atomic mass is 35.5. The van der Waals surface area contributed by atoms with Gasteiger partial charge in [0.25, 0.3) is 5.91 Å². The van der Waals surface area contributed by atoms with E-state index >= 15 is 0 Å².